The van der Waals surface area contributed by atoms with Gasteiger partial charge >= 0.3 is 0 Å². The van der Waals surface area contributed by atoms with Crippen molar-refractivity contribution in [1.29, 1.82) is 0 Å². The molecule has 0 aromatic carbocycles. The Morgan fingerprint density at radius 1 is 1.26 bits per heavy atom. The Balaban J connectivity index is 1.61. The minimum atomic E-state index is 0.221. The first-order valence-electron chi connectivity index (χ1n) is 8.26. The number of hydrogen-bond acceptors (Lipinski definition) is 5. The van der Waals surface area contributed by atoms with Crippen LogP contribution in [0.2, 0.25) is 0 Å². The number of aliphatic hydroxyl groups excluding tert-OH is 1. The summed E-state index contributed by atoms with van der Waals surface area (Å²) >= 11 is 0. The lowest BCUT2D eigenvalue weighted by molar-refractivity contribution is 0.0454. The summed E-state index contributed by atoms with van der Waals surface area (Å²) in [7, 11) is 0. The van der Waals surface area contributed by atoms with E-state index < -0.39 is 0 Å². The molecule has 1 unspecified atom stereocenters. The van der Waals surface area contributed by atoms with Gasteiger partial charge in [0.1, 0.15) is 11.5 Å². The SMILES string of the molecule is Cc1ccc(CN2CCN(Cc3cccnc3)CC2CCO)o1. The molecule has 1 fully saturated rings. The van der Waals surface area contributed by atoms with E-state index in [0.717, 1.165) is 50.7 Å². The first kappa shape index (κ1) is 16.2. The van der Waals surface area contributed by atoms with E-state index in [-0.39, 0.29) is 6.61 Å². The van der Waals surface area contributed by atoms with Gasteiger partial charge < -0.3 is 9.52 Å². The maximum Gasteiger partial charge on any atom is 0.118 e. The van der Waals surface area contributed by atoms with E-state index in [0.29, 0.717) is 6.04 Å². The van der Waals surface area contributed by atoms with E-state index in [9.17, 15) is 5.11 Å². The lowest BCUT2D eigenvalue weighted by Gasteiger charge is -2.41. The molecule has 0 bridgehead atoms. The monoisotopic (exact) mass is 315 g/mol. The molecular formula is C18H25N3O2. The third kappa shape index (κ3) is 4.41. The van der Waals surface area contributed by atoms with Crippen molar-refractivity contribution in [2.75, 3.05) is 26.2 Å². The fraction of sp³-hybridized carbons (Fsp3) is 0.500. The summed E-state index contributed by atoms with van der Waals surface area (Å²) < 4.78 is 5.71. The van der Waals surface area contributed by atoms with Crippen LogP contribution in [0.1, 0.15) is 23.5 Å². The number of piperazine rings is 1. The zero-order valence-electron chi connectivity index (χ0n) is 13.7. The second-order valence-electron chi connectivity index (χ2n) is 6.25. The number of aliphatic hydroxyl groups is 1. The van der Waals surface area contributed by atoms with E-state index in [1.165, 1.54) is 5.56 Å². The van der Waals surface area contributed by atoms with Crippen LogP contribution in [0.5, 0.6) is 0 Å². The van der Waals surface area contributed by atoms with E-state index in [2.05, 4.69) is 20.9 Å². The van der Waals surface area contributed by atoms with Gasteiger partial charge in [0.2, 0.25) is 0 Å². The van der Waals surface area contributed by atoms with Crippen LogP contribution in [-0.4, -0.2) is 52.2 Å². The van der Waals surface area contributed by atoms with E-state index in [1.54, 1.807) is 6.20 Å². The van der Waals surface area contributed by atoms with Gasteiger partial charge in [0.05, 0.1) is 6.54 Å². The Labute approximate surface area is 137 Å². The molecule has 124 valence electrons. The Kier molecular flexibility index (Phi) is 5.43. The first-order chi connectivity index (χ1) is 11.2. The third-order valence-corrected chi connectivity index (χ3v) is 4.44. The van der Waals surface area contributed by atoms with Crippen molar-refractivity contribution in [3.8, 4) is 0 Å². The summed E-state index contributed by atoms with van der Waals surface area (Å²) in [6, 6.07) is 8.51. The van der Waals surface area contributed by atoms with Gasteiger partial charge in [-0.1, -0.05) is 6.07 Å². The number of pyridine rings is 1. The number of aryl methyl sites for hydroxylation is 1. The highest BCUT2D eigenvalue weighted by Crippen LogP contribution is 2.19. The zero-order valence-corrected chi connectivity index (χ0v) is 13.7. The first-order valence-corrected chi connectivity index (χ1v) is 8.26. The highest BCUT2D eigenvalue weighted by Gasteiger charge is 2.27. The molecule has 0 aliphatic carbocycles. The summed E-state index contributed by atoms with van der Waals surface area (Å²) in [5.74, 6) is 1.96. The molecule has 3 heterocycles. The molecule has 1 aliphatic rings. The van der Waals surface area contributed by atoms with Crippen LogP contribution in [0.3, 0.4) is 0 Å². The predicted molar refractivity (Wildman–Crippen MR) is 88.9 cm³/mol. The second-order valence-corrected chi connectivity index (χ2v) is 6.25. The van der Waals surface area contributed by atoms with Gasteiger partial charge in [-0.3, -0.25) is 14.8 Å². The molecule has 5 heteroatoms. The molecule has 2 aromatic rings. The van der Waals surface area contributed by atoms with Gasteiger partial charge in [-0.15, -0.1) is 0 Å². The lowest BCUT2D eigenvalue weighted by Crippen LogP contribution is -2.52. The maximum absolute atomic E-state index is 9.40. The van der Waals surface area contributed by atoms with Crippen molar-refractivity contribution in [2.45, 2.75) is 32.5 Å². The minimum Gasteiger partial charge on any atom is -0.465 e. The summed E-state index contributed by atoms with van der Waals surface area (Å²) in [5.41, 5.74) is 1.24. The Hall–Kier alpha value is -1.69. The molecule has 0 spiro atoms. The van der Waals surface area contributed by atoms with Crippen LogP contribution in [0.25, 0.3) is 0 Å². The molecule has 1 aliphatic heterocycles. The lowest BCUT2D eigenvalue weighted by atomic mass is 10.1. The molecule has 0 saturated carbocycles. The van der Waals surface area contributed by atoms with Crippen molar-refractivity contribution in [3.05, 3.63) is 53.7 Å². The van der Waals surface area contributed by atoms with Crippen molar-refractivity contribution in [1.82, 2.24) is 14.8 Å². The molecular weight excluding hydrogens is 290 g/mol. The molecule has 3 rings (SSSR count). The van der Waals surface area contributed by atoms with E-state index >= 15 is 0 Å². The highest BCUT2D eigenvalue weighted by atomic mass is 16.3. The molecule has 0 radical (unpaired) electrons. The average Bonchev–Trinajstić information content (AvgIpc) is 2.96. The van der Waals surface area contributed by atoms with Crippen LogP contribution in [0.4, 0.5) is 0 Å². The van der Waals surface area contributed by atoms with Gasteiger partial charge in [0, 0.05) is 51.2 Å². The molecule has 0 amide bonds. The summed E-state index contributed by atoms with van der Waals surface area (Å²) in [6.07, 6.45) is 4.53. The van der Waals surface area contributed by atoms with Crippen molar-refractivity contribution >= 4 is 0 Å². The number of hydrogen-bond donors (Lipinski definition) is 1. The predicted octanol–water partition coefficient (Wildman–Crippen LogP) is 2.05. The number of rotatable bonds is 6. The fourth-order valence-corrected chi connectivity index (χ4v) is 3.25. The standard InChI is InChI=1S/C18H25N3O2/c1-15-4-5-18(23-15)14-21-9-8-20(13-17(21)6-10-22)12-16-3-2-7-19-11-16/h2-5,7,11,17,22H,6,8-10,12-14H2,1H3. The van der Waals surface area contributed by atoms with E-state index in [4.69, 9.17) is 4.42 Å². The van der Waals surface area contributed by atoms with Gasteiger partial charge in [0.25, 0.3) is 0 Å². The number of nitrogens with zero attached hydrogens (tertiary/aromatic N) is 3. The van der Waals surface area contributed by atoms with Crippen LogP contribution in [0.15, 0.2) is 41.1 Å². The normalized spacial score (nSPS) is 20.0. The number of aromatic nitrogens is 1. The molecule has 2 aromatic heterocycles. The Bertz CT molecular complexity index is 599. The van der Waals surface area contributed by atoms with Crippen LogP contribution < -0.4 is 0 Å². The summed E-state index contributed by atoms with van der Waals surface area (Å²) in [6.45, 7) is 6.92. The molecule has 23 heavy (non-hydrogen) atoms. The Morgan fingerprint density at radius 3 is 2.87 bits per heavy atom. The molecule has 5 nitrogen and oxygen atoms in total. The Morgan fingerprint density at radius 2 is 2.17 bits per heavy atom. The van der Waals surface area contributed by atoms with Crippen LogP contribution in [0, 0.1) is 6.92 Å². The summed E-state index contributed by atoms with van der Waals surface area (Å²) in [4.78, 5) is 9.06. The quantitative estimate of drug-likeness (QED) is 0.884. The van der Waals surface area contributed by atoms with Gasteiger partial charge in [-0.2, -0.15) is 0 Å². The topological polar surface area (TPSA) is 52.7 Å². The third-order valence-electron chi connectivity index (χ3n) is 4.44. The molecule has 1 saturated heterocycles. The molecule has 1 atom stereocenters. The largest absolute Gasteiger partial charge is 0.465 e. The average molecular weight is 315 g/mol. The van der Waals surface area contributed by atoms with Crippen LogP contribution >= 0.6 is 0 Å². The molecule has 1 N–H and O–H groups in total. The smallest absolute Gasteiger partial charge is 0.118 e. The second kappa shape index (κ2) is 7.73. The van der Waals surface area contributed by atoms with Crippen molar-refractivity contribution in [3.63, 3.8) is 0 Å². The summed E-state index contributed by atoms with van der Waals surface area (Å²) in [5, 5.41) is 9.40. The van der Waals surface area contributed by atoms with Gasteiger partial charge in [0.15, 0.2) is 0 Å². The van der Waals surface area contributed by atoms with Gasteiger partial charge in [-0.25, -0.2) is 0 Å². The highest BCUT2D eigenvalue weighted by molar-refractivity contribution is 5.09. The van der Waals surface area contributed by atoms with Crippen molar-refractivity contribution in [2.24, 2.45) is 0 Å². The zero-order chi connectivity index (χ0) is 16.1. The van der Waals surface area contributed by atoms with Crippen molar-refractivity contribution < 1.29 is 9.52 Å². The fourth-order valence-electron chi connectivity index (χ4n) is 3.25. The number of furan rings is 1. The van der Waals surface area contributed by atoms with E-state index in [1.807, 2.05) is 31.3 Å². The maximum atomic E-state index is 9.40. The van der Waals surface area contributed by atoms with Gasteiger partial charge in [-0.05, 0) is 37.1 Å². The van der Waals surface area contributed by atoms with Crippen LogP contribution in [-0.2, 0) is 13.1 Å². The minimum absolute atomic E-state index is 0.221.